The molecule has 1 amide bonds. The van der Waals surface area contributed by atoms with Crippen LogP contribution < -0.4 is 9.64 Å². The van der Waals surface area contributed by atoms with E-state index < -0.39 is 5.97 Å². The van der Waals surface area contributed by atoms with Crippen LogP contribution in [0.4, 0.5) is 5.69 Å². The molecule has 0 saturated heterocycles. The van der Waals surface area contributed by atoms with Gasteiger partial charge in [0.25, 0.3) is 5.91 Å². The van der Waals surface area contributed by atoms with E-state index in [0.29, 0.717) is 17.2 Å². The quantitative estimate of drug-likeness (QED) is 0.712. The predicted octanol–water partition coefficient (Wildman–Crippen LogP) is 3.94. The number of amides is 1. The van der Waals surface area contributed by atoms with E-state index in [1.165, 1.54) is 18.4 Å². The molecule has 0 radical (unpaired) electrons. The van der Waals surface area contributed by atoms with Crippen LogP contribution in [-0.2, 0) is 11.3 Å². The summed E-state index contributed by atoms with van der Waals surface area (Å²) in [5.41, 5.74) is 1.66. The number of aromatic carboxylic acids is 1. The fourth-order valence-corrected chi connectivity index (χ4v) is 2.86. The third-order valence-electron chi connectivity index (χ3n) is 4.19. The summed E-state index contributed by atoms with van der Waals surface area (Å²) in [6.07, 6.45) is 3.08. The number of carbonyl (C=O) groups is 2. The maximum atomic E-state index is 13.0. The molecule has 4 rings (SSSR count). The second kappa shape index (κ2) is 6.84. The number of hydrogen-bond acceptors (Lipinski definition) is 4. The van der Waals surface area contributed by atoms with Crippen LogP contribution in [0, 0.1) is 0 Å². The van der Waals surface area contributed by atoms with E-state index in [1.54, 1.807) is 41.3 Å². The Morgan fingerprint density at radius 3 is 2.52 bits per heavy atom. The Morgan fingerprint density at radius 2 is 1.81 bits per heavy atom. The second-order valence-electron chi connectivity index (χ2n) is 5.99. The third kappa shape index (κ3) is 3.32. The summed E-state index contributed by atoms with van der Waals surface area (Å²) in [5, 5.41) is 9.03. The van der Waals surface area contributed by atoms with Gasteiger partial charge in [-0.05, 0) is 42.0 Å². The molecule has 0 unspecified atom stereocenters. The van der Waals surface area contributed by atoms with Gasteiger partial charge in [0.1, 0.15) is 5.76 Å². The minimum atomic E-state index is -0.988. The highest BCUT2D eigenvalue weighted by molar-refractivity contribution is 6.09. The van der Waals surface area contributed by atoms with Crippen molar-refractivity contribution in [3.63, 3.8) is 0 Å². The van der Waals surface area contributed by atoms with Gasteiger partial charge < -0.3 is 14.3 Å². The van der Waals surface area contributed by atoms with Gasteiger partial charge >= 0.3 is 5.97 Å². The van der Waals surface area contributed by atoms with E-state index in [2.05, 4.69) is 0 Å². The number of para-hydroxylation sites is 2. The first-order valence-electron chi connectivity index (χ1n) is 8.28. The van der Waals surface area contributed by atoms with E-state index in [-0.39, 0.29) is 23.8 Å². The first-order valence-corrected chi connectivity index (χ1v) is 8.28. The summed E-state index contributed by atoms with van der Waals surface area (Å²) in [6.45, 7) is 0.286. The maximum absolute atomic E-state index is 13.0. The molecule has 1 aliphatic heterocycles. The lowest BCUT2D eigenvalue weighted by atomic mass is 10.1. The summed E-state index contributed by atoms with van der Waals surface area (Å²) < 4.78 is 11.0. The number of nitrogens with zero attached hydrogens (tertiary/aromatic N) is 1. The van der Waals surface area contributed by atoms with Crippen molar-refractivity contribution in [3.8, 4) is 5.75 Å². The van der Waals surface area contributed by atoms with Crippen LogP contribution in [0.1, 0.15) is 21.7 Å². The number of carbonyl (C=O) groups excluding carboxylic acids is 1. The molecule has 2 heterocycles. The predicted molar refractivity (Wildman–Crippen MR) is 98.3 cm³/mol. The molecule has 0 saturated carbocycles. The number of rotatable bonds is 4. The summed E-state index contributed by atoms with van der Waals surface area (Å²) in [4.78, 5) is 25.6. The SMILES string of the molecule is O=C(O)c1ccc(CN2C(=O)/C(=C\c3ccco3)Oc3ccccc32)cc1. The van der Waals surface area contributed by atoms with Crippen molar-refractivity contribution in [2.45, 2.75) is 6.54 Å². The van der Waals surface area contributed by atoms with Gasteiger partial charge in [-0.25, -0.2) is 4.79 Å². The second-order valence-corrected chi connectivity index (χ2v) is 5.99. The van der Waals surface area contributed by atoms with Crippen molar-refractivity contribution in [3.05, 3.63) is 89.6 Å². The molecule has 0 bridgehead atoms. The minimum absolute atomic E-state index is 0.158. The van der Waals surface area contributed by atoms with Crippen molar-refractivity contribution < 1.29 is 23.8 Å². The van der Waals surface area contributed by atoms with Crippen LogP contribution in [0.2, 0.25) is 0 Å². The van der Waals surface area contributed by atoms with E-state index >= 15 is 0 Å². The number of furan rings is 1. The van der Waals surface area contributed by atoms with Gasteiger partial charge in [-0.3, -0.25) is 9.69 Å². The average molecular weight is 361 g/mol. The fourth-order valence-electron chi connectivity index (χ4n) is 2.86. The van der Waals surface area contributed by atoms with Crippen molar-refractivity contribution in [1.29, 1.82) is 0 Å². The smallest absolute Gasteiger partial charge is 0.335 e. The lowest BCUT2D eigenvalue weighted by Crippen LogP contribution is -2.36. The fraction of sp³-hybridized carbons (Fsp3) is 0.0476. The first-order chi connectivity index (χ1) is 13.1. The summed E-state index contributed by atoms with van der Waals surface area (Å²) >= 11 is 0. The standard InChI is InChI=1S/C21H15NO5/c23-20-19(12-16-4-3-11-26-16)27-18-6-2-1-5-17(18)22(20)13-14-7-9-15(10-8-14)21(24)25/h1-12H,13H2,(H,24,25)/b19-12+. The number of fused-ring (bicyclic) bond motifs is 1. The molecular formula is C21H15NO5. The van der Waals surface area contributed by atoms with Crippen LogP contribution in [0.25, 0.3) is 6.08 Å². The Morgan fingerprint density at radius 1 is 1.04 bits per heavy atom. The highest BCUT2D eigenvalue weighted by Gasteiger charge is 2.30. The van der Waals surface area contributed by atoms with Gasteiger partial charge in [0.05, 0.1) is 24.1 Å². The molecule has 6 nitrogen and oxygen atoms in total. The first kappa shape index (κ1) is 16.7. The highest BCUT2D eigenvalue weighted by Crippen LogP contribution is 2.36. The molecule has 2 aromatic carbocycles. The number of hydrogen-bond donors (Lipinski definition) is 1. The van der Waals surface area contributed by atoms with Gasteiger partial charge in [0, 0.05) is 6.08 Å². The molecule has 0 fully saturated rings. The van der Waals surface area contributed by atoms with E-state index in [1.807, 2.05) is 18.2 Å². The Bertz CT molecular complexity index is 1020. The summed E-state index contributed by atoms with van der Waals surface area (Å²) in [6, 6.07) is 17.2. The Labute approximate surface area is 154 Å². The zero-order valence-electron chi connectivity index (χ0n) is 14.2. The lowest BCUT2D eigenvalue weighted by Gasteiger charge is -2.30. The van der Waals surface area contributed by atoms with Gasteiger partial charge in [0.15, 0.2) is 11.5 Å². The van der Waals surface area contributed by atoms with Crippen molar-refractivity contribution in [2.75, 3.05) is 4.90 Å². The molecule has 27 heavy (non-hydrogen) atoms. The Balaban J connectivity index is 1.69. The molecule has 134 valence electrons. The normalized spacial score (nSPS) is 14.7. The Hall–Kier alpha value is -3.80. The van der Waals surface area contributed by atoms with Crippen molar-refractivity contribution >= 4 is 23.6 Å². The number of anilines is 1. The van der Waals surface area contributed by atoms with Crippen molar-refractivity contribution in [1.82, 2.24) is 0 Å². The Kier molecular flexibility index (Phi) is 4.22. The molecule has 0 aliphatic carbocycles. The van der Waals surface area contributed by atoms with Gasteiger partial charge in [-0.2, -0.15) is 0 Å². The lowest BCUT2D eigenvalue weighted by molar-refractivity contribution is -0.117. The summed E-state index contributed by atoms with van der Waals surface area (Å²) in [7, 11) is 0. The molecule has 6 heteroatoms. The number of ether oxygens (including phenoxy) is 1. The van der Waals surface area contributed by atoms with E-state index in [0.717, 1.165) is 5.56 Å². The van der Waals surface area contributed by atoms with Crippen LogP contribution in [0.3, 0.4) is 0 Å². The topological polar surface area (TPSA) is 80.0 Å². The molecule has 1 N–H and O–H groups in total. The molecule has 1 aliphatic rings. The molecule has 1 aromatic heterocycles. The minimum Gasteiger partial charge on any atom is -0.478 e. The number of carboxylic acids is 1. The van der Waals surface area contributed by atoms with Crippen molar-refractivity contribution in [2.24, 2.45) is 0 Å². The van der Waals surface area contributed by atoms with E-state index in [4.69, 9.17) is 14.3 Å². The van der Waals surface area contributed by atoms with Crippen LogP contribution >= 0.6 is 0 Å². The van der Waals surface area contributed by atoms with Crippen LogP contribution in [0.5, 0.6) is 5.75 Å². The molecule has 3 aromatic rings. The largest absolute Gasteiger partial charge is 0.478 e. The van der Waals surface area contributed by atoms with Gasteiger partial charge in [-0.1, -0.05) is 24.3 Å². The molecule has 0 spiro atoms. The zero-order valence-corrected chi connectivity index (χ0v) is 14.2. The number of benzene rings is 2. The highest BCUT2D eigenvalue weighted by atomic mass is 16.5. The monoisotopic (exact) mass is 361 g/mol. The zero-order chi connectivity index (χ0) is 18.8. The average Bonchev–Trinajstić information content (AvgIpc) is 3.18. The van der Waals surface area contributed by atoms with Crippen LogP contribution in [-0.4, -0.2) is 17.0 Å². The molecule has 0 atom stereocenters. The van der Waals surface area contributed by atoms with Gasteiger partial charge in [0.2, 0.25) is 0 Å². The third-order valence-corrected chi connectivity index (χ3v) is 4.19. The van der Waals surface area contributed by atoms with Gasteiger partial charge in [-0.15, -0.1) is 0 Å². The summed E-state index contributed by atoms with van der Waals surface area (Å²) in [5.74, 6) is -0.0446. The number of carboxylic acid groups (broad SMARTS) is 1. The van der Waals surface area contributed by atoms with E-state index in [9.17, 15) is 9.59 Å². The maximum Gasteiger partial charge on any atom is 0.335 e. The molecular weight excluding hydrogens is 346 g/mol. The van der Waals surface area contributed by atoms with Crippen LogP contribution in [0.15, 0.2) is 77.1 Å².